The largest absolute Gasteiger partial charge is 0.383 e. The Labute approximate surface area is 133 Å². The lowest BCUT2D eigenvalue weighted by Crippen LogP contribution is -2.17. The van der Waals surface area contributed by atoms with Gasteiger partial charge >= 0.3 is 0 Å². The first-order valence-electron chi connectivity index (χ1n) is 6.88. The normalized spacial score (nSPS) is 14.7. The molecule has 3 nitrogen and oxygen atoms in total. The summed E-state index contributed by atoms with van der Waals surface area (Å²) in [5, 5.41) is -0.127. The zero-order valence-electron chi connectivity index (χ0n) is 12.1. The van der Waals surface area contributed by atoms with E-state index < -0.39 is 0 Å². The molecule has 1 heterocycles. The molecule has 2 unspecified atom stereocenters. The molecule has 5 heteroatoms. The molecule has 2 rings (SSSR count). The molecular weight excluding hydrogens is 340 g/mol. The molecule has 0 amide bonds. The highest BCUT2D eigenvalue weighted by Crippen LogP contribution is 2.31. The summed E-state index contributed by atoms with van der Waals surface area (Å²) in [5.74, 6) is 0.912. The molecular formula is C15H20BrClN2O. The summed E-state index contributed by atoms with van der Waals surface area (Å²) in [6, 6.07) is 6.39. The van der Waals surface area contributed by atoms with Crippen LogP contribution < -0.4 is 0 Å². The standard InChI is InChI=1S/C15H20BrClN2O/c1-4-5-12(9-20-3)19-14-8-11(16)6-7-13(14)18-15(19)10(2)17/h6-8,10,12H,4-5,9H2,1-3H3. The number of benzene rings is 1. The van der Waals surface area contributed by atoms with E-state index in [9.17, 15) is 0 Å². The van der Waals surface area contributed by atoms with Crippen LogP contribution in [-0.4, -0.2) is 23.3 Å². The van der Waals surface area contributed by atoms with Gasteiger partial charge in [-0.05, 0) is 31.5 Å². The van der Waals surface area contributed by atoms with E-state index in [1.807, 2.05) is 19.1 Å². The highest BCUT2D eigenvalue weighted by Gasteiger charge is 2.21. The van der Waals surface area contributed by atoms with Crippen molar-refractivity contribution < 1.29 is 4.74 Å². The van der Waals surface area contributed by atoms with Crippen LogP contribution in [0.25, 0.3) is 11.0 Å². The summed E-state index contributed by atoms with van der Waals surface area (Å²) in [7, 11) is 1.74. The number of hydrogen-bond donors (Lipinski definition) is 0. The Morgan fingerprint density at radius 1 is 1.45 bits per heavy atom. The van der Waals surface area contributed by atoms with Gasteiger partial charge in [0.15, 0.2) is 0 Å². The van der Waals surface area contributed by atoms with Crippen LogP contribution in [-0.2, 0) is 4.74 Å². The van der Waals surface area contributed by atoms with Gasteiger partial charge in [0.25, 0.3) is 0 Å². The first-order chi connectivity index (χ1) is 9.58. The molecule has 0 fully saturated rings. The monoisotopic (exact) mass is 358 g/mol. The van der Waals surface area contributed by atoms with Crippen LogP contribution in [0, 0.1) is 0 Å². The zero-order chi connectivity index (χ0) is 14.7. The van der Waals surface area contributed by atoms with E-state index in [4.69, 9.17) is 21.3 Å². The zero-order valence-corrected chi connectivity index (χ0v) is 14.4. The average Bonchev–Trinajstić information content (AvgIpc) is 2.77. The van der Waals surface area contributed by atoms with E-state index in [1.54, 1.807) is 7.11 Å². The van der Waals surface area contributed by atoms with E-state index in [-0.39, 0.29) is 11.4 Å². The van der Waals surface area contributed by atoms with Gasteiger partial charge in [-0.3, -0.25) is 0 Å². The van der Waals surface area contributed by atoms with Gasteiger partial charge in [-0.1, -0.05) is 29.3 Å². The third-order valence-electron chi connectivity index (χ3n) is 3.38. The first kappa shape index (κ1) is 15.8. The van der Waals surface area contributed by atoms with Crippen molar-refractivity contribution in [1.29, 1.82) is 0 Å². The summed E-state index contributed by atoms with van der Waals surface area (Å²) in [4.78, 5) is 4.69. The molecule has 1 aromatic carbocycles. The van der Waals surface area contributed by atoms with Crippen molar-refractivity contribution in [2.45, 2.75) is 38.1 Å². The molecule has 110 valence electrons. The van der Waals surface area contributed by atoms with Crippen molar-refractivity contribution >= 4 is 38.6 Å². The van der Waals surface area contributed by atoms with E-state index in [0.29, 0.717) is 6.61 Å². The number of fused-ring (bicyclic) bond motifs is 1. The van der Waals surface area contributed by atoms with Crippen LogP contribution >= 0.6 is 27.5 Å². The van der Waals surface area contributed by atoms with Crippen molar-refractivity contribution in [3.63, 3.8) is 0 Å². The molecule has 0 radical (unpaired) electrons. The lowest BCUT2D eigenvalue weighted by atomic mass is 10.1. The van der Waals surface area contributed by atoms with Crippen LogP contribution in [0.3, 0.4) is 0 Å². The lowest BCUT2D eigenvalue weighted by Gasteiger charge is -2.21. The van der Waals surface area contributed by atoms with E-state index in [2.05, 4.69) is 33.5 Å². The number of nitrogens with zero attached hydrogens (tertiary/aromatic N) is 2. The van der Waals surface area contributed by atoms with Crippen molar-refractivity contribution in [2.75, 3.05) is 13.7 Å². The summed E-state index contributed by atoms with van der Waals surface area (Å²) < 4.78 is 8.68. The molecule has 0 bridgehead atoms. The molecule has 0 N–H and O–H groups in total. The van der Waals surface area contributed by atoms with E-state index in [0.717, 1.165) is 34.2 Å². The topological polar surface area (TPSA) is 27.1 Å². The highest BCUT2D eigenvalue weighted by molar-refractivity contribution is 9.10. The smallest absolute Gasteiger partial charge is 0.128 e. The predicted molar refractivity (Wildman–Crippen MR) is 87.5 cm³/mol. The number of rotatable bonds is 6. The van der Waals surface area contributed by atoms with Gasteiger partial charge < -0.3 is 9.30 Å². The molecule has 0 saturated heterocycles. The van der Waals surface area contributed by atoms with E-state index >= 15 is 0 Å². The average molecular weight is 360 g/mol. The molecule has 0 aliphatic carbocycles. The van der Waals surface area contributed by atoms with Gasteiger partial charge in [0, 0.05) is 11.6 Å². The maximum absolute atomic E-state index is 6.33. The van der Waals surface area contributed by atoms with Gasteiger partial charge in [0.1, 0.15) is 5.82 Å². The fraction of sp³-hybridized carbons (Fsp3) is 0.533. The Hall–Kier alpha value is -0.580. The third-order valence-corrected chi connectivity index (χ3v) is 4.07. The number of methoxy groups -OCH3 is 1. The summed E-state index contributed by atoms with van der Waals surface area (Å²) in [6.07, 6.45) is 2.14. The number of aromatic nitrogens is 2. The van der Waals surface area contributed by atoms with Gasteiger partial charge in [-0.2, -0.15) is 0 Å². The molecule has 20 heavy (non-hydrogen) atoms. The SMILES string of the molecule is CCCC(COC)n1c(C(C)Cl)nc2ccc(Br)cc21. The quantitative estimate of drug-likeness (QED) is 0.672. The molecule has 1 aromatic heterocycles. The summed E-state index contributed by atoms with van der Waals surface area (Å²) >= 11 is 9.86. The maximum atomic E-state index is 6.33. The second-order valence-electron chi connectivity index (χ2n) is 4.99. The van der Waals surface area contributed by atoms with Gasteiger partial charge in [0.05, 0.1) is 29.1 Å². The fourth-order valence-corrected chi connectivity index (χ4v) is 3.06. The molecule has 2 atom stereocenters. The van der Waals surface area contributed by atoms with E-state index in [1.165, 1.54) is 0 Å². The second-order valence-corrected chi connectivity index (χ2v) is 6.56. The van der Waals surface area contributed by atoms with Crippen LogP contribution in [0.15, 0.2) is 22.7 Å². The minimum Gasteiger partial charge on any atom is -0.383 e. The molecule has 0 aliphatic rings. The number of alkyl halides is 1. The predicted octanol–water partition coefficient (Wildman–Crippen LogP) is 5.09. The molecule has 0 saturated carbocycles. The van der Waals surface area contributed by atoms with Gasteiger partial charge in [-0.15, -0.1) is 11.6 Å². The number of halogens is 2. The Bertz CT molecular complexity index is 577. The fourth-order valence-electron chi connectivity index (χ4n) is 2.56. The summed E-state index contributed by atoms with van der Waals surface area (Å²) in [5.41, 5.74) is 2.09. The minimum atomic E-state index is -0.127. The van der Waals surface area contributed by atoms with Crippen molar-refractivity contribution in [3.8, 4) is 0 Å². The van der Waals surface area contributed by atoms with Crippen LogP contribution in [0.4, 0.5) is 0 Å². The third kappa shape index (κ3) is 3.18. The van der Waals surface area contributed by atoms with Crippen molar-refractivity contribution in [2.24, 2.45) is 0 Å². The van der Waals surface area contributed by atoms with Crippen LogP contribution in [0.1, 0.15) is 43.9 Å². The summed E-state index contributed by atoms with van der Waals surface area (Å²) in [6.45, 7) is 4.81. The van der Waals surface area contributed by atoms with Crippen molar-refractivity contribution in [3.05, 3.63) is 28.5 Å². The van der Waals surface area contributed by atoms with Crippen LogP contribution in [0.5, 0.6) is 0 Å². The lowest BCUT2D eigenvalue weighted by molar-refractivity contribution is 0.150. The Morgan fingerprint density at radius 2 is 2.20 bits per heavy atom. The Balaban J connectivity index is 2.62. The number of imidazole rings is 1. The van der Waals surface area contributed by atoms with Gasteiger partial charge in [-0.25, -0.2) is 4.98 Å². The van der Waals surface area contributed by atoms with Gasteiger partial charge in [0.2, 0.25) is 0 Å². The van der Waals surface area contributed by atoms with Crippen molar-refractivity contribution in [1.82, 2.24) is 9.55 Å². The molecule has 0 spiro atoms. The Kier molecular flexibility index (Phi) is 5.47. The molecule has 0 aliphatic heterocycles. The second kappa shape index (κ2) is 6.92. The maximum Gasteiger partial charge on any atom is 0.128 e. The minimum absolute atomic E-state index is 0.127. The van der Waals surface area contributed by atoms with Crippen LogP contribution in [0.2, 0.25) is 0 Å². The highest BCUT2D eigenvalue weighted by atomic mass is 79.9. The first-order valence-corrected chi connectivity index (χ1v) is 8.11. The number of ether oxygens (including phenoxy) is 1. The number of hydrogen-bond acceptors (Lipinski definition) is 2. The molecule has 2 aromatic rings. The Morgan fingerprint density at radius 3 is 2.80 bits per heavy atom.